The molecule has 30 heavy (non-hydrogen) atoms. The smallest absolute Gasteiger partial charge is 0.267 e. The molecule has 7 nitrogen and oxygen atoms in total. The Balaban J connectivity index is 1.48. The van der Waals surface area contributed by atoms with Crippen molar-refractivity contribution in [1.29, 1.82) is 0 Å². The van der Waals surface area contributed by atoms with Crippen molar-refractivity contribution < 1.29 is 14.3 Å². The van der Waals surface area contributed by atoms with Gasteiger partial charge in [0.1, 0.15) is 23.0 Å². The Morgan fingerprint density at radius 2 is 1.80 bits per heavy atom. The number of carbonyl (C=O) groups excluding carboxylic acids is 2. The van der Waals surface area contributed by atoms with Crippen molar-refractivity contribution in [1.82, 2.24) is 14.9 Å². The number of hydrogen-bond donors (Lipinski definition) is 2. The monoisotopic (exact) mass is 404 g/mol. The molecule has 154 valence electrons. The van der Waals surface area contributed by atoms with Crippen LogP contribution in [0.4, 0.5) is 0 Å². The molecule has 2 heterocycles. The maximum absolute atomic E-state index is 12.6. The molecule has 1 aromatic heterocycles. The van der Waals surface area contributed by atoms with E-state index in [2.05, 4.69) is 9.97 Å². The van der Waals surface area contributed by atoms with Crippen LogP contribution in [-0.2, 0) is 4.79 Å². The van der Waals surface area contributed by atoms with Crippen LogP contribution in [0, 0.1) is 0 Å². The number of nitrogens with one attached hydrogen (secondary N) is 1. The van der Waals surface area contributed by atoms with Crippen LogP contribution in [-0.4, -0.2) is 46.4 Å². The molecule has 1 aliphatic rings. The van der Waals surface area contributed by atoms with Crippen LogP contribution in [0.3, 0.4) is 0 Å². The SMILES string of the molecule is NC(=O)c1[nH]c([C@@H]2CCCN(C(=O)COc3ccccc3)C2)nc1-c1ccccc1. The number of rotatable bonds is 6. The number of nitrogens with zero attached hydrogens (tertiary/aromatic N) is 2. The van der Waals surface area contributed by atoms with Crippen molar-refractivity contribution in [2.45, 2.75) is 18.8 Å². The molecule has 0 bridgehead atoms. The molecule has 2 aromatic carbocycles. The first kappa shape index (κ1) is 19.7. The normalized spacial score (nSPS) is 16.3. The second-order valence-corrected chi connectivity index (χ2v) is 7.36. The third kappa shape index (κ3) is 4.35. The summed E-state index contributed by atoms with van der Waals surface area (Å²) < 4.78 is 5.60. The van der Waals surface area contributed by atoms with Crippen LogP contribution in [0.1, 0.15) is 35.1 Å². The summed E-state index contributed by atoms with van der Waals surface area (Å²) in [6, 6.07) is 18.8. The molecule has 7 heteroatoms. The van der Waals surface area contributed by atoms with Gasteiger partial charge in [-0.2, -0.15) is 0 Å². The number of primary amides is 1. The summed E-state index contributed by atoms with van der Waals surface area (Å²) in [5.74, 6) is 0.754. The maximum Gasteiger partial charge on any atom is 0.267 e. The lowest BCUT2D eigenvalue weighted by Crippen LogP contribution is -2.41. The Morgan fingerprint density at radius 1 is 1.10 bits per heavy atom. The molecular weight excluding hydrogens is 380 g/mol. The largest absolute Gasteiger partial charge is 0.484 e. The van der Waals surface area contributed by atoms with E-state index in [1.807, 2.05) is 60.7 Å². The van der Waals surface area contributed by atoms with E-state index in [-0.39, 0.29) is 18.4 Å². The molecule has 0 saturated carbocycles. The van der Waals surface area contributed by atoms with Crippen molar-refractivity contribution in [3.8, 4) is 17.0 Å². The van der Waals surface area contributed by atoms with Gasteiger partial charge in [0.2, 0.25) is 0 Å². The van der Waals surface area contributed by atoms with E-state index in [0.717, 1.165) is 18.4 Å². The summed E-state index contributed by atoms with van der Waals surface area (Å²) in [7, 11) is 0. The number of aromatic amines is 1. The van der Waals surface area contributed by atoms with Crippen LogP contribution in [0.25, 0.3) is 11.3 Å². The van der Waals surface area contributed by atoms with Crippen LogP contribution in [0.15, 0.2) is 60.7 Å². The fourth-order valence-corrected chi connectivity index (χ4v) is 3.75. The first-order chi connectivity index (χ1) is 14.6. The molecule has 4 rings (SSSR count). The lowest BCUT2D eigenvalue weighted by Gasteiger charge is -2.31. The molecule has 3 N–H and O–H groups in total. The number of ether oxygens (including phenoxy) is 1. The number of nitrogens with two attached hydrogens (primary N) is 1. The van der Waals surface area contributed by atoms with Gasteiger partial charge in [-0.3, -0.25) is 9.59 Å². The van der Waals surface area contributed by atoms with Crippen LogP contribution >= 0.6 is 0 Å². The van der Waals surface area contributed by atoms with Crippen LogP contribution in [0.5, 0.6) is 5.75 Å². The van der Waals surface area contributed by atoms with Gasteiger partial charge in [-0.1, -0.05) is 48.5 Å². The van der Waals surface area contributed by atoms with Gasteiger partial charge < -0.3 is 20.4 Å². The average Bonchev–Trinajstić information content (AvgIpc) is 3.25. The summed E-state index contributed by atoms with van der Waals surface area (Å²) in [5.41, 5.74) is 7.25. The Kier molecular flexibility index (Phi) is 5.79. The number of imidazole rings is 1. The second-order valence-electron chi connectivity index (χ2n) is 7.36. The third-order valence-corrected chi connectivity index (χ3v) is 5.28. The highest BCUT2D eigenvalue weighted by Crippen LogP contribution is 2.29. The Morgan fingerprint density at radius 3 is 2.50 bits per heavy atom. The molecule has 0 radical (unpaired) electrons. The van der Waals surface area contributed by atoms with Gasteiger partial charge in [-0.25, -0.2) is 4.98 Å². The number of hydrogen-bond acceptors (Lipinski definition) is 4. The summed E-state index contributed by atoms with van der Waals surface area (Å²) in [4.78, 5) is 34.2. The summed E-state index contributed by atoms with van der Waals surface area (Å²) in [5, 5.41) is 0. The van der Waals surface area contributed by atoms with E-state index in [0.29, 0.717) is 36.1 Å². The molecule has 1 saturated heterocycles. The molecule has 0 unspecified atom stereocenters. The van der Waals surface area contributed by atoms with Gasteiger partial charge in [-0.15, -0.1) is 0 Å². The topological polar surface area (TPSA) is 101 Å². The quantitative estimate of drug-likeness (QED) is 0.659. The number of piperidine rings is 1. The number of H-pyrrole nitrogens is 1. The molecule has 0 spiro atoms. The molecular formula is C23H24N4O3. The van der Waals surface area contributed by atoms with E-state index in [4.69, 9.17) is 10.5 Å². The van der Waals surface area contributed by atoms with Gasteiger partial charge in [-0.05, 0) is 25.0 Å². The zero-order valence-electron chi connectivity index (χ0n) is 16.6. The number of amides is 2. The van der Waals surface area contributed by atoms with Gasteiger partial charge >= 0.3 is 0 Å². The summed E-state index contributed by atoms with van der Waals surface area (Å²) >= 11 is 0. The van der Waals surface area contributed by atoms with E-state index in [9.17, 15) is 9.59 Å². The predicted octanol–water partition coefficient (Wildman–Crippen LogP) is 2.96. The molecule has 1 atom stereocenters. The number of likely N-dealkylation sites (tertiary alicyclic amines) is 1. The molecule has 0 aliphatic carbocycles. The first-order valence-corrected chi connectivity index (χ1v) is 10.0. The second kappa shape index (κ2) is 8.82. The van der Waals surface area contributed by atoms with Crippen molar-refractivity contribution in [3.63, 3.8) is 0 Å². The Bertz CT molecular complexity index is 1020. The molecule has 2 amide bonds. The molecule has 1 fully saturated rings. The fraction of sp³-hybridized carbons (Fsp3) is 0.261. The number of benzene rings is 2. The molecule has 3 aromatic rings. The minimum atomic E-state index is -0.549. The standard InChI is InChI=1S/C23H24N4O3/c24-22(29)21-20(16-8-3-1-4-9-16)25-23(26-21)17-10-7-13-27(14-17)19(28)15-30-18-11-5-2-6-12-18/h1-6,8-9,11-12,17H,7,10,13-15H2,(H2,24,29)(H,25,26)/t17-/m1/s1. The highest BCUT2D eigenvalue weighted by Gasteiger charge is 2.28. The van der Waals surface area contributed by atoms with Gasteiger partial charge in [0.25, 0.3) is 11.8 Å². The van der Waals surface area contributed by atoms with Gasteiger partial charge in [0.15, 0.2) is 6.61 Å². The number of aromatic nitrogens is 2. The lowest BCUT2D eigenvalue weighted by atomic mass is 9.97. The summed E-state index contributed by atoms with van der Waals surface area (Å²) in [6.07, 6.45) is 1.73. The number of para-hydroxylation sites is 1. The van der Waals surface area contributed by atoms with Crippen molar-refractivity contribution in [3.05, 3.63) is 72.2 Å². The van der Waals surface area contributed by atoms with E-state index >= 15 is 0 Å². The van der Waals surface area contributed by atoms with E-state index in [1.165, 1.54) is 0 Å². The van der Waals surface area contributed by atoms with Crippen LogP contribution in [0.2, 0.25) is 0 Å². The predicted molar refractivity (Wildman–Crippen MR) is 113 cm³/mol. The minimum absolute atomic E-state index is 0.00328. The Labute approximate surface area is 174 Å². The van der Waals surface area contributed by atoms with Crippen molar-refractivity contribution in [2.24, 2.45) is 5.73 Å². The number of carbonyl (C=O) groups is 2. The maximum atomic E-state index is 12.6. The zero-order chi connectivity index (χ0) is 20.9. The highest BCUT2D eigenvalue weighted by atomic mass is 16.5. The van der Waals surface area contributed by atoms with Gasteiger partial charge in [0.05, 0.1) is 0 Å². The summed E-state index contributed by atoms with van der Waals surface area (Å²) in [6.45, 7) is 1.20. The highest BCUT2D eigenvalue weighted by molar-refractivity contribution is 5.97. The van der Waals surface area contributed by atoms with Crippen molar-refractivity contribution >= 4 is 11.8 Å². The lowest BCUT2D eigenvalue weighted by molar-refractivity contribution is -0.134. The van der Waals surface area contributed by atoms with E-state index in [1.54, 1.807) is 4.90 Å². The Hall–Kier alpha value is -3.61. The van der Waals surface area contributed by atoms with Gasteiger partial charge in [0, 0.05) is 24.6 Å². The third-order valence-electron chi connectivity index (χ3n) is 5.28. The fourth-order valence-electron chi connectivity index (χ4n) is 3.75. The first-order valence-electron chi connectivity index (χ1n) is 10.0. The average molecular weight is 404 g/mol. The minimum Gasteiger partial charge on any atom is -0.484 e. The van der Waals surface area contributed by atoms with Crippen molar-refractivity contribution in [2.75, 3.05) is 19.7 Å². The van der Waals surface area contributed by atoms with E-state index < -0.39 is 5.91 Å². The zero-order valence-corrected chi connectivity index (χ0v) is 16.6. The molecule has 1 aliphatic heterocycles. The van der Waals surface area contributed by atoms with Crippen LogP contribution < -0.4 is 10.5 Å².